The average Bonchev–Trinajstić information content (AvgIpc) is 3.05. The number of fused-ring (bicyclic) bond motifs is 2. The predicted octanol–water partition coefficient (Wildman–Crippen LogP) is 4.71. The summed E-state index contributed by atoms with van der Waals surface area (Å²) in [6.07, 6.45) is 3.72. The van der Waals surface area contributed by atoms with Crippen LogP contribution in [0.25, 0.3) is 11.0 Å². The topological polar surface area (TPSA) is 28.7 Å². The summed E-state index contributed by atoms with van der Waals surface area (Å²) in [5, 5.41) is 2.22. The van der Waals surface area contributed by atoms with Crippen LogP contribution >= 0.6 is 11.3 Å². The first kappa shape index (κ1) is 12.2. The lowest BCUT2D eigenvalue weighted by atomic mass is 9.87. The quantitative estimate of drug-likeness (QED) is 0.688. The van der Waals surface area contributed by atoms with Crippen molar-refractivity contribution in [3.05, 3.63) is 51.0 Å². The highest BCUT2D eigenvalue weighted by Gasteiger charge is 2.25. The fraction of sp³-hybridized carbons (Fsp3) is 0.353. The number of thiophene rings is 1. The Kier molecular flexibility index (Phi) is 2.71. The van der Waals surface area contributed by atoms with Crippen molar-refractivity contribution in [1.82, 2.24) is 9.97 Å². The molecule has 3 heteroatoms. The minimum atomic E-state index is 0.456. The van der Waals surface area contributed by atoms with Crippen molar-refractivity contribution in [3.8, 4) is 0 Å². The maximum atomic E-state index is 4.87. The number of hydrogen-bond donors (Lipinski definition) is 1. The standard InChI is InChI=1S/C17H18N2S/c1-10-8-14-15(9-11(10)2)19-17(18-14)13-4-3-5-16-12(13)6-7-20-16/h6-9,13H,3-5H2,1-2H3,(H,18,19). The molecule has 1 aliphatic carbocycles. The number of aromatic amines is 1. The Hall–Kier alpha value is -1.61. The van der Waals surface area contributed by atoms with Gasteiger partial charge in [-0.25, -0.2) is 4.98 Å². The van der Waals surface area contributed by atoms with E-state index in [0.717, 1.165) is 11.3 Å². The molecule has 0 fully saturated rings. The predicted molar refractivity (Wildman–Crippen MR) is 84.7 cm³/mol. The Bertz CT molecular complexity index is 742. The molecule has 102 valence electrons. The molecule has 1 aliphatic rings. The van der Waals surface area contributed by atoms with Crippen LogP contribution in [0.2, 0.25) is 0 Å². The first-order valence-electron chi connectivity index (χ1n) is 7.25. The zero-order chi connectivity index (χ0) is 13.7. The van der Waals surface area contributed by atoms with Gasteiger partial charge in [0.15, 0.2) is 0 Å². The van der Waals surface area contributed by atoms with Gasteiger partial charge in [0, 0.05) is 10.8 Å². The van der Waals surface area contributed by atoms with Gasteiger partial charge in [0.05, 0.1) is 11.0 Å². The molecule has 1 atom stereocenters. The van der Waals surface area contributed by atoms with Crippen molar-refractivity contribution in [3.63, 3.8) is 0 Å². The lowest BCUT2D eigenvalue weighted by molar-refractivity contribution is 0.604. The first-order valence-corrected chi connectivity index (χ1v) is 8.13. The van der Waals surface area contributed by atoms with Crippen molar-refractivity contribution in [2.24, 2.45) is 0 Å². The smallest absolute Gasteiger partial charge is 0.114 e. The van der Waals surface area contributed by atoms with E-state index in [1.54, 1.807) is 4.88 Å². The third kappa shape index (κ3) is 1.80. The molecular formula is C17H18N2S. The number of rotatable bonds is 1. The highest BCUT2D eigenvalue weighted by molar-refractivity contribution is 7.10. The second-order valence-corrected chi connectivity index (χ2v) is 6.82. The summed E-state index contributed by atoms with van der Waals surface area (Å²) < 4.78 is 0. The Labute approximate surface area is 122 Å². The number of H-pyrrole nitrogens is 1. The number of aryl methyl sites for hydroxylation is 3. The van der Waals surface area contributed by atoms with E-state index in [2.05, 4.69) is 42.4 Å². The molecule has 0 amide bonds. The number of benzene rings is 1. The van der Waals surface area contributed by atoms with Crippen LogP contribution in [0.4, 0.5) is 0 Å². The van der Waals surface area contributed by atoms with Crippen molar-refractivity contribution in [2.75, 3.05) is 0 Å². The number of imidazole rings is 1. The Morgan fingerprint density at radius 3 is 3.00 bits per heavy atom. The minimum absolute atomic E-state index is 0.456. The van der Waals surface area contributed by atoms with Crippen molar-refractivity contribution >= 4 is 22.4 Å². The van der Waals surface area contributed by atoms with Gasteiger partial charge in [-0.15, -0.1) is 11.3 Å². The van der Waals surface area contributed by atoms with E-state index in [1.165, 1.54) is 41.5 Å². The van der Waals surface area contributed by atoms with Gasteiger partial charge < -0.3 is 4.98 Å². The molecule has 0 bridgehead atoms. The summed E-state index contributed by atoms with van der Waals surface area (Å²) in [5.41, 5.74) is 6.41. The maximum Gasteiger partial charge on any atom is 0.114 e. The third-order valence-corrected chi connectivity index (χ3v) is 5.49. The molecule has 1 aromatic carbocycles. The molecule has 20 heavy (non-hydrogen) atoms. The summed E-state index contributed by atoms with van der Waals surface area (Å²) in [4.78, 5) is 9.97. The molecule has 0 aliphatic heterocycles. The molecular weight excluding hydrogens is 264 g/mol. The normalized spacial score (nSPS) is 18.4. The van der Waals surface area contributed by atoms with Crippen molar-refractivity contribution < 1.29 is 0 Å². The Balaban J connectivity index is 1.84. The highest BCUT2D eigenvalue weighted by Crippen LogP contribution is 2.38. The highest BCUT2D eigenvalue weighted by atomic mass is 32.1. The van der Waals surface area contributed by atoms with Crippen LogP contribution in [0.5, 0.6) is 0 Å². The molecule has 2 heterocycles. The van der Waals surface area contributed by atoms with E-state index in [-0.39, 0.29) is 0 Å². The average molecular weight is 282 g/mol. The van der Waals surface area contributed by atoms with E-state index in [0.29, 0.717) is 5.92 Å². The Morgan fingerprint density at radius 1 is 1.25 bits per heavy atom. The van der Waals surface area contributed by atoms with Gasteiger partial charge in [-0.2, -0.15) is 0 Å². The van der Waals surface area contributed by atoms with Crippen LogP contribution in [0, 0.1) is 13.8 Å². The molecule has 0 saturated heterocycles. The first-order chi connectivity index (χ1) is 9.72. The lowest BCUT2D eigenvalue weighted by Gasteiger charge is -2.20. The van der Waals surface area contributed by atoms with Gasteiger partial charge in [-0.05, 0) is 73.4 Å². The van der Waals surface area contributed by atoms with Crippen molar-refractivity contribution in [1.29, 1.82) is 0 Å². The second kappa shape index (κ2) is 4.45. The summed E-state index contributed by atoms with van der Waals surface area (Å²) in [7, 11) is 0. The zero-order valence-electron chi connectivity index (χ0n) is 11.9. The Morgan fingerprint density at radius 2 is 2.10 bits per heavy atom. The van der Waals surface area contributed by atoms with Crippen LogP contribution in [0.3, 0.4) is 0 Å². The lowest BCUT2D eigenvalue weighted by Crippen LogP contribution is -2.09. The fourth-order valence-electron chi connectivity index (χ4n) is 3.22. The molecule has 0 spiro atoms. The maximum absolute atomic E-state index is 4.87. The van der Waals surface area contributed by atoms with Gasteiger partial charge in [-0.1, -0.05) is 0 Å². The van der Waals surface area contributed by atoms with Crippen LogP contribution in [0.15, 0.2) is 23.6 Å². The van der Waals surface area contributed by atoms with Crippen LogP contribution in [-0.2, 0) is 6.42 Å². The molecule has 4 rings (SSSR count). The van der Waals surface area contributed by atoms with E-state index in [1.807, 2.05) is 11.3 Å². The summed E-state index contributed by atoms with van der Waals surface area (Å²) in [5.74, 6) is 1.60. The van der Waals surface area contributed by atoms with Crippen molar-refractivity contribution in [2.45, 2.75) is 39.0 Å². The van der Waals surface area contributed by atoms with E-state index in [9.17, 15) is 0 Å². The van der Waals surface area contributed by atoms with Crippen LogP contribution in [-0.4, -0.2) is 9.97 Å². The molecule has 2 aromatic heterocycles. The number of nitrogens with zero attached hydrogens (tertiary/aromatic N) is 1. The monoisotopic (exact) mass is 282 g/mol. The molecule has 2 nitrogen and oxygen atoms in total. The second-order valence-electron chi connectivity index (χ2n) is 5.82. The number of aromatic nitrogens is 2. The molecule has 3 aromatic rings. The summed E-state index contributed by atoms with van der Waals surface area (Å²) >= 11 is 1.89. The van der Waals surface area contributed by atoms with E-state index >= 15 is 0 Å². The van der Waals surface area contributed by atoms with Gasteiger partial charge >= 0.3 is 0 Å². The van der Waals surface area contributed by atoms with E-state index < -0.39 is 0 Å². The number of nitrogens with one attached hydrogen (secondary N) is 1. The molecule has 0 radical (unpaired) electrons. The van der Waals surface area contributed by atoms with Crippen LogP contribution < -0.4 is 0 Å². The van der Waals surface area contributed by atoms with Gasteiger partial charge in [0.2, 0.25) is 0 Å². The SMILES string of the molecule is Cc1cc2nc(C3CCCc4sccc43)[nH]c2cc1C. The zero-order valence-corrected chi connectivity index (χ0v) is 12.7. The minimum Gasteiger partial charge on any atom is -0.341 e. The van der Waals surface area contributed by atoms with E-state index in [4.69, 9.17) is 4.98 Å². The summed E-state index contributed by atoms with van der Waals surface area (Å²) in [6.45, 7) is 4.31. The molecule has 1 N–H and O–H groups in total. The van der Waals surface area contributed by atoms with Gasteiger partial charge in [0.1, 0.15) is 5.82 Å². The molecule has 1 unspecified atom stereocenters. The van der Waals surface area contributed by atoms with Gasteiger partial charge in [0.25, 0.3) is 0 Å². The van der Waals surface area contributed by atoms with Crippen LogP contribution in [0.1, 0.15) is 46.2 Å². The fourth-order valence-corrected chi connectivity index (χ4v) is 4.21. The molecule has 0 saturated carbocycles. The largest absolute Gasteiger partial charge is 0.341 e. The van der Waals surface area contributed by atoms with Gasteiger partial charge in [-0.3, -0.25) is 0 Å². The third-order valence-electron chi connectivity index (χ3n) is 4.50. The summed E-state index contributed by atoms with van der Waals surface area (Å²) in [6, 6.07) is 6.70. The number of hydrogen-bond acceptors (Lipinski definition) is 2.